The summed E-state index contributed by atoms with van der Waals surface area (Å²) in [5.41, 5.74) is 2.78. The number of para-hydroxylation sites is 1. The summed E-state index contributed by atoms with van der Waals surface area (Å²) in [5.74, 6) is 1.71. The zero-order chi connectivity index (χ0) is 15.8. The van der Waals surface area contributed by atoms with Crippen LogP contribution >= 0.6 is 0 Å². The molecule has 6 nitrogen and oxygen atoms in total. The molecule has 0 atom stereocenters. The summed E-state index contributed by atoms with van der Waals surface area (Å²) in [7, 11) is 1.51. The van der Waals surface area contributed by atoms with Crippen LogP contribution < -0.4 is 4.74 Å². The summed E-state index contributed by atoms with van der Waals surface area (Å²) in [6.07, 6.45) is 1.91. The van der Waals surface area contributed by atoms with E-state index < -0.39 is 0 Å². The summed E-state index contributed by atoms with van der Waals surface area (Å²) in [6.45, 7) is 0. The van der Waals surface area contributed by atoms with Crippen LogP contribution in [0.5, 0.6) is 11.5 Å². The molecule has 0 fully saturated rings. The van der Waals surface area contributed by atoms with Crippen molar-refractivity contribution in [1.29, 1.82) is 0 Å². The van der Waals surface area contributed by atoms with E-state index in [2.05, 4.69) is 20.2 Å². The normalized spacial score (nSPS) is 11.0. The average Bonchev–Trinajstić information content (AvgIpc) is 3.21. The average molecular weight is 306 g/mol. The van der Waals surface area contributed by atoms with E-state index in [0.29, 0.717) is 17.4 Å². The Morgan fingerprint density at radius 2 is 2.00 bits per heavy atom. The first kappa shape index (κ1) is 13.4. The van der Waals surface area contributed by atoms with Crippen LogP contribution in [0.4, 0.5) is 0 Å². The number of ether oxygens (including phenoxy) is 1. The van der Waals surface area contributed by atoms with E-state index in [0.717, 1.165) is 22.0 Å². The zero-order valence-electron chi connectivity index (χ0n) is 12.4. The van der Waals surface area contributed by atoms with Crippen LogP contribution in [0.3, 0.4) is 0 Å². The van der Waals surface area contributed by atoms with Crippen LogP contribution in [0.25, 0.3) is 33.7 Å². The first-order valence-corrected chi connectivity index (χ1v) is 7.12. The van der Waals surface area contributed by atoms with Crippen LogP contribution in [-0.4, -0.2) is 32.4 Å². The van der Waals surface area contributed by atoms with E-state index in [9.17, 15) is 5.11 Å². The third-order valence-corrected chi connectivity index (χ3v) is 3.77. The van der Waals surface area contributed by atoms with Gasteiger partial charge in [0.1, 0.15) is 0 Å². The van der Waals surface area contributed by atoms with Gasteiger partial charge in [0.15, 0.2) is 23.1 Å². The quantitative estimate of drug-likeness (QED) is 0.542. The molecule has 6 heteroatoms. The van der Waals surface area contributed by atoms with Crippen LogP contribution in [0, 0.1) is 0 Å². The minimum absolute atomic E-state index is 0.0867. The lowest BCUT2D eigenvalue weighted by molar-refractivity contribution is 0.373. The Labute approximate surface area is 131 Å². The molecule has 0 saturated carbocycles. The molecule has 0 saturated heterocycles. The van der Waals surface area contributed by atoms with Gasteiger partial charge >= 0.3 is 0 Å². The number of benzene rings is 2. The van der Waals surface area contributed by atoms with Gasteiger partial charge in [0.25, 0.3) is 0 Å². The van der Waals surface area contributed by atoms with Gasteiger partial charge in [0.05, 0.1) is 7.11 Å². The Morgan fingerprint density at radius 3 is 2.87 bits per heavy atom. The van der Waals surface area contributed by atoms with E-state index >= 15 is 0 Å². The highest BCUT2D eigenvalue weighted by atomic mass is 16.5. The molecule has 0 spiro atoms. The van der Waals surface area contributed by atoms with Gasteiger partial charge in [-0.25, -0.2) is 4.98 Å². The molecule has 0 aliphatic heterocycles. The fraction of sp³-hybridized carbons (Fsp3) is 0.0588. The first-order valence-electron chi connectivity index (χ1n) is 7.12. The standard InChI is InChI=1S/C17H14N4O2/c1-23-15-8-10(6-7-14(15)22)16-19-17(21-20-16)12-9-18-13-5-3-2-4-11(12)13/h2-9,18,22H,1H3,(H,19,20,21). The number of H-pyrrole nitrogens is 2. The molecule has 2 aromatic heterocycles. The number of aromatic nitrogens is 4. The smallest absolute Gasteiger partial charge is 0.181 e. The van der Waals surface area contributed by atoms with Crippen molar-refractivity contribution in [3.8, 4) is 34.3 Å². The summed E-state index contributed by atoms with van der Waals surface area (Å²) in [6, 6.07) is 13.0. The van der Waals surface area contributed by atoms with E-state index in [1.165, 1.54) is 7.11 Å². The maximum absolute atomic E-state index is 9.68. The Bertz CT molecular complexity index is 987. The third-order valence-electron chi connectivity index (χ3n) is 3.77. The van der Waals surface area contributed by atoms with Crippen molar-refractivity contribution < 1.29 is 9.84 Å². The predicted molar refractivity (Wildman–Crippen MR) is 87.3 cm³/mol. The third kappa shape index (κ3) is 2.20. The molecule has 4 aromatic rings. The molecule has 2 heterocycles. The van der Waals surface area contributed by atoms with Gasteiger partial charge in [-0.3, -0.25) is 5.10 Å². The summed E-state index contributed by atoms with van der Waals surface area (Å²) in [4.78, 5) is 7.77. The highest BCUT2D eigenvalue weighted by molar-refractivity contribution is 5.93. The van der Waals surface area contributed by atoms with Crippen molar-refractivity contribution in [2.75, 3.05) is 7.11 Å². The van der Waals surface area contributed by atoms with Crippen LogP contribution in [0.15, 0.2) is 48.7 Å². The lowest BCUT2D eigenvalue weighted by Gasteiger charge is -2.03. The minimum atomic E-state index is 0.0867. The van der Waals surface area contributed by atoms with Gasteiger partial charge in [-0.2, -0.15) is 5.10 Å². The number of aromatic hydroxyl groups is 1. The van der Waals surface area contributed by atoms with Crippen molar-refractivity contribution in [2.45, 2.75) is 0 Å². The molecule has 2 aromatic carbocycles. The Kier molecular flexibility index (Phi) is 3.01. The molecule has 0 aliphatic carbocycles. The molecular weight excluding hydrogens is 292 g/mol. The number of methoxy groups -OCH3 is 1. The second kappa shape index (κ2) is 5.17. The number of rotatable bonds is 3. The maximum atomic E-state index is 9.68. The van der Waals surface area contributed by atoms with E-state index in [4.69, 9.17) is 4.74 Å². The zero-order valence-corrected chi connectivity index (χ0v) is 12.4. The topological polar surface area (TPSA) is 86.8 Å². The van der Waals surface area contributed by atoms with Crippen molar-refractivity contribution in [1.82, 2.24) is 20.2 Å². The molecule has 0 aliphatic rings. The maximum Gasteiger partial charge on any atom is 0.181 e. The first-order chi connectivity index (χ1) is 11.3. The Morgan fingerprint density at radius 1 is 1.13 bits per heavy atom. The molecule has 4 rings (SSSR count). The highest BCUT2D eigenvalue weighted by Gasteiger charge is 2.13. The number of aromatic amines is 2. The summed E-state index contributed by atoms with van der Waals surface area (Å²) >= 11 is 0. The minimum Gasteiger partial charge on any atom is -0.504 e. The monoisotopic (exact) mass is 306 g/mol. The fourth-order valence-corrected chi connectivity index (χ4v) is 2.60. The fourth-order valence-electron chi connectivity index (χ4n) is 2.60. The van der Waals surface area contributed by atoms with Crippen molar-refractivity contribution in [3.63, 3.8) is 0 Å². The number of hydrogen-bond donors (Lipinski definition) is 3. The second-order valence-electron chi connectivity index (χ2n) is 5.14. The molecule has 114 valence electrons. The van der Waals surface area contributed by atoms with Crippen molar-refractivity contribution in [3.05, 3.63) is 48.7 Å². The predicted octanol–water partition coefficient (Wildman–Crippen LogP) is 3.33. The molecule has 3 N–H and O–H groups in total. The van der Waals surface area contributed by atoms with Gasteiger partial charge in [-0.1, -0.05) is 18.2 Å². The molecule has 0 amide bonds. The second-order valence-corrected chi connectivity index (χ2v) is 5.14. The van der Waals surface area contributed by atoms with Gasteiger partial charge in [0.2, 0.25) is 0 Å². The van der Waals surface area contributed by atoms with Gasteiger partial charge in [0, 0.05) is 28.2 Å². The number of phenolic OH excluding ortho intramolecular Hbond substituents is 1. The molecule has 23 heavy (non-hydrogen) atoms. The van der Waals surface area contributed by atoms with Crippen LogP contribution in [0.1, 0.15) is 0 Å². The van der Waals surface area contributed by atoms with Gasteiger partial charge in [-0.05, 0) is 24.3 Å². The summed E-state index contributed by atoms with van der Waals surface area (Å²) in [5, 5.41) is 18.0. The Hall–Kier alpha value is -3.28. The largest absolute Gasteiger partial charge is 0.504 e. The van der Waals surface area contributed by atoms with E-state index in [1.54, 1.807) is 18.2 Å². The van der Waals surface area contributed by atoms with Crippen molar-refractivity contribution >= 4 is 10.9 Å². The van der Waals surface area contributed by atoms with E-state index in [1.807, 2.05) is 30.5 Å². The number of nitrogens with one attached hydrogen (secondary N) is 2. The number of fused-ring (bicyclic) bond motifs is 1. The number of nitrogens with zero attached hydrogens (tertiary/aromatic N) is 2. The highest BCUT2D eigenvalue weighted by Crippen LogP contribution is 2.31. The number of phenols is 1. The molecule has 0 radical (unpaired) electrons. The SMILES string of the molecule is COc1cc(-c2n[nH]c(-c3c[nH]c4ccccc34)n2)ccc1O. The van der Waals surface area contributed by atoms with E-state index in [-0.39, 0.29) is 5.75 Å². The van der Waals surface area contributed by atoms with Crippen LogP contribution in [-0.2, 0) is 0 Å². The molecular formula is C17H14N4O2. The molecule has 0 unspecified atom stereocenters. The van der Waals surface area contributed by atoms with Crippen LogP contribution in [0.2, 0.25) is 0 Å². The van der Waals surface area contributed by atoms with Crippen molar-refractivity contribution in [2.24, 2.45) is 0 Å². The van der Waals surface area contributed by atoms with Gasteiger partial charge < -0.3 is 14.8 Å². The Balaban J connectivity index is 1.77. The lowest BCUT2D eigenvalue weighted by Crippen LogP contribution is -1.86. The molecule has 0 bridgehead atoms. The lowest BCUT2D eigenvalue weighted by atomic mass is 10.1. The number of hydrogen-bond acceptors (Lipinski definition) is 4. The van der Waals surface area contributed by atoms with Gasteiger partial charge in [-0.15, -0.1) is 0 Å². The summed E-state index contributed by atoms with van der Waals surface area (Å²) < 4.78 is 5.12.